The molecule has 3 aliphatic rings. The van der Waals surface area contributed by atoms with Gasteiger partial charge in [0.25, 0.3) is 0 Å². The largest absolute Gasteiger partial charge is 0.454 e. The van der Waals surface area contributed by atoms with Gasteiger partial charge in [0, 0.05) is 68.4 Å². The van der Waals surface area contributed by atoms with Gasteiger partial charge >= 0.3 is 0 Å². The standard InChI is InChI=1S/C27H34N6O3/c1-27(2,34)19-15-32(16-19)25-13-20(5-9-29-25)30-24-14-22(6-10-28-24)36-23-17-33(21-3-4-21)31-26(23)18-7-11-35-12-8-18/h5-6,9-10,13-14,17-19,21,34H,3-4,7-8,11-12,15-16H2,1-2H3,(H,28,29,30). The van der Waals surface area contributed by atoms with Crippen LogP contribution in [0.25, 0.3) is 0 Å². The van der Waals surface area contributed by atoms with Crippen LogP contribution >= 0.6 is 0 Å². The van der Waals surface area contributed by atoms with E-state index >= 15 is 0 Å². The molecule has 3 aromatic rings. The summed E-state index contributed by atoms with van der Waals surface area (Å²) in [7, 11) is 0. The minimum atomic E-state index is -0.670. The van der Waals surface area contributed by atoms with Crippen molar-refractivity contribution in [3.8, 4) is 11.5 Å². The van der Waals surface area contributed by atoms with Crippen LogP contribution in [0, 0.1) is 5.92 Å². The number of aliphatic hydroxyl groups is 1. The molecule has 1 aliphatic carbocycles. The number of anilines is 3. The molecule has 0 spiro atoms. The monoisotopic (exact) mass is 490 g/mol. The molecule has 36 heavy (non-hydrogen) atoms. The molecule has 0 radical (unpaired) electrons. The first-order chi connectivity index (χ1) is 17.4. The molecule has 5 heterocycles. The zero-order chi connectivity index (χ0) is 24.7. The van der Waals surface area contributed by atoms with E-state index in [0.29, 0.717) is 17.8 Å². The number of rotatable bonds is 8. The Bertz CT molecular complexity index is 1210. The van der Waals surface area contributed by atoms with Crippen LogP contribution in [0.1, 0.15) is 57.2 Å². The Balaban J connectivity index is 1.16. The molecule has 6 rings (SSSR count). The average molecular weight is 491 g/mol. The summed E-state index contributed by atoms with van der Waals surface area (Å²) in [6, 6.07) is 8.23. The van der Waals surface area contributed by atoms with Crippen molar-refractivity contribution >= 4 is 17.3 Å². The van der Waals surface area contributed by atoms with E-state index in [2.05, 4.69) is 31.1 Å². The molecule has 2 saturated heterocycles. The molecule has 9 nitrogen and oxygen atoms in total. The second-order valence-electron chi connectivity index (χ2n) is 10.7. The minimum absolute atomic E-state index is 0.252. The molecule has 190 valence electrons. The highest BCUT2D eigenvalue weighted by Gasteiger charge is 2.38. The average Bonchev–Trinajstić information content (AvgIpc) is 3.59. The zero-order valence-electron chi connectivity index (χ0n) is 20.9. The van der Waals surface area contributed by atoms with Crippen LogP contribution in [-0.2, 0) is 4.74 Å². The topological polar surface area (TPSA) is 97.6 Å². The van der Waals surface area contributed by atoms with Crippen molar-refractivity contribution in [1.29, 1.82) is 0 Å². The predicted molar refractivity (Wildman–Crippen MR) is 137 cm³/mol. The van der Waals surface area contributed by atoms with Crippen LogP contribution in [0.4, 0.5) is 17.3 Å². The van der Waals surface area contributed by atoms with Crippen molar-refractivity contribution in [2.75, 3.05) is 36.5 Å². The van der Waals surface area contributed by atoms with E-state index in [1.165, 1.54) is 12.8 Å². The van der Waals surface area contributed by atoms with Gasteiger partial charge in [0.05, 0.1) is 17.8 Å². The van der Waals surface area contributed by atoms with E-state index in [9.17, 15) is 5.11 Å². The van der Waals surface area contributed by atoms with Crippen molar-refractivity contribution in [2.24, 2.45) is 5.92 Å². The maximum absolute atomic E-state index is 10.2. The Labute approximate surface area is 211 Å². The van der Waals surface area contributed by atoms with E-state index in [1.54, 1.807) is 12.4 Å². The highest BCUT2D eigenvalue weighted by molar-refractivity contribution is 5.62. The summed E-state index contributed by atoms with van der Waals surface area (Å²) in [5.41, 5.74) is 1.27. The molecule has 0 aromatic carbocycles. The number of hydrogen-bond acceptors (Lipinski definition) is 8. The second kappa shape index (κ2) is 9.37. The lowest BCUT2D eigenvalue weighted by Gasteiger charge is -2.45. The second-order valence-corrected chi connectivity index (χ2v) is 10.7. The smallest absolute Gasteiger partial charge is 0.168 e. The fraction of sp³-hybridized carbons (Fsp3) is 0.519. The van der Waals surface area contributed by atoms with E-state index in [0.717, 1.165) is 67.8 Å². The van der Waals surface area contributed by atoms with Gasteiger partial charge in [-0.2, -0.15) is 5.10 Å². The van der Waals surface area contributed by atoms with Gasteiger partial charge in [-0.3, -0.25) is 4.68 Å². The van der Waals surface area contributed by atoms with Gasteiger partial charge in [-0.15, -0.1) is 0 Å². The van der Waals surface area contributed by atoms with E-state index < -0.39 is 5.60 Å². The summed E-state index contributed by atoms with van der Waals surface area (Å²) in [5.74, 6) is 3.76. The van der Waals surface area contributed by atoms with E-state index in [-0.39, 0.29) is 5.92 Å². The van der Waals surface area contributed by atoms with Crippen LogP contribution in [0.2, 0.25) is 0 Å². The Morgan fingerprint density at radius 3 is 2.58 bits per heavy atom. The van der Waals surface area contributed by atoms with Crippen molar-refractivity contribution in [2.45, 2.75) is 57.1 Å². The van der Waals surface area contributed by atoms with Crippen LogP contribution in [0.15, 0.2) is 42.9 Å². The van der Waals surface area contributed by atoms with Gasteiger partial charge in [-0.05, 0) is 51.7 Å². The van der Waals surface area contributed by atoms with Crippen LogP contribution in [0.5, 0.6) is 11.5 Å². The third-order valence-corrected chi connectivity index (χ3v) is 7.44. The SMILES string of the molecule is CC(C)(O)C1CN(c2cc(Nc3cc(Oc4cn(C5CC5)nc4C4CCOCC4)ccn3)ccn2)C1. The third-order valence-electron chi connectivity index (χ3n) is 7.44. The minimum Gasteiger partial charge on any atom is -0.454 e. The van der Waals surface area contributed by atoms with Crippen LogP contribution < -0.4 is 15.0 Å². The van der Waals surface area contributed by atoms with Crippen molar-refractivity contribution in [3.05, 3.63) is 48.5 Å². The normalized spacial score (nSPS) is 19.2. The number of nitrogens with one attached hydrogen (secondary N) is 1. The molecule has 0 bridgehead atoms. The fourth-order valence-corrected chi connectivity index (χ4v) is 4.85. The molecule has 2 N–H and O–H groups in total. The first kappa shape index (κ1) is 23.2. The molecule has 3 fully saturated rings. The molecule has 2 aliphatic heterocycles. The number of hydrogen-bond donors (Lipinski definition) is 2. The van der Waals surface area contributed by atoms with Gasteiger partial charge < -0.3 is 24.8 Å². The van der Waals surface area contributed by atoms with Crippen molar-refractivity contribution in [1.82, 2.24) is 19.7 Å². The molecule has 9 heteroatoms. The lowest BCUT2D eigenvalue weighted by atomic mass is 9.84. The molecule has 0 unspecified atom stereocenters. The lowest BCUT2D eigenvalue weighted by molar-refractivity contribution is 0.00439. The van der Waals surface area contributed by atoms with E-state index in [4.69, 9.17) is 14.6 Å². The molecule has 0 atom stereocenters. The Hall–Kier alpha value is -3.17. The lowest BCUT2D eigenvalue weighted by Crippen LogP contribution is -2.56. The first-order valence-electron chi connectivity index (χ1n) is 12.9. The maximum atomic E-state index is 10.2. The number of ether oxygens (including phenoxy) is 2. The van der Waals surface area contributed by atoms with Crippen molar-refractivity contribution in [3.63, 3.8) is 0 Å². The fourth-order valence-electron chi connectivity index (χ4n) is 4.85. The Kier molecular flexibility index (Phi) is 6.05. The van der Waals surface area contributed by atoms with Gasteiger partial charge in [0.2, 0.25) is 0 Å². The summed E-state index contributed by atoms with van der Waals surface area (Å²) >= 11 is 0. The third kappa shape index (κ3) is 5.03. The highest BCUT2D eigenvalue weighted by atomic mass is 16.5. The quantitative estimate of drug-likeness (QED) is 0.471. The molecular weight excluding hydrogens is 456 g/mol. The van der Waals surface area contributed by atoms with Gasteiger partial charge in [0.15, 0.2) is 5.75 Å². The predicted octanol–water partition coefficient (Wildman–Crippen LogP) is 4.65. The number of aromatic nitrogens is 4. The highest BCUT2D eigenvalue weighted by Crippen LogP contribution is 2.40. The van der Waals surface area contributed by atoms with Crippen LogP contribution in [-0.4, -0.2) is 56.8 Å². The summed E-state index contributed by atoms with van der Waals surface area (Å²) in [6.45, 7) is 6.87. The van der Waals surface area contributed by atoms with Crippen molar-refractivity contribution < 1.29 is 14.6 Å². The summed E-state index contributed by atoms with van der Waals surface area (Å²) in [4.78, 5) is 11.2. The number of pyridine rings is 2. The first-order valence-corrected chi connectivity index (χ1v) is 12.9. The van der Waals surface area contributed by atoms with Gasteiger partial charge in [-0.1, -0.05) is 0 Å². The molecule has 0 amide bonds. The Morgan fingerprint density at radius 1 is 1.06 bits per heavy atom. The summed E-state index contributed by atoms with van der Waals surface area (Å²) in [6.07, 6.45) is 9.91. The molecular formula is C27H34N6O3. The number of nitrogens with zero attached hydrogens (tertiary/aromatic N) is 5. The molecule has 1 saturated carbocycles. The summed E-state index contributed by atoms with van der Waals surface area (Å²) in [5, 5.41) is 18.5. The zero-order valence-corrected chi connectivity index (χ0v) is 20.9. The molecule has 3 aromatic heterocycles. The summed E-state index contributed by atoms with van der Waals surface area (Å²) < 4.78 is 14.0. The Morgan fingerprint density at radius 2 is 1.83 bits per heavy atom. The van der Waals surface area contributed by atoms with Gasteiger partial charge in [-0.25, -0.2) is 9.97 Å². The maximum Gasteiger partial charge on any atom is 0.168 e. The van der Waals surface area contributed by atoms with Gasteiger partial charge in [0.1, 0.15) is 23.1 Å². The van der Waals surface area contributed by atoms with Crippen LogP contribution in [0.3, 0.4) is 0 Å². The van der Waals surface area contributed by atoms with E-state index in [1.807, 2.05) is 38.1 Å².